The molecule has 2 aromatic carbocycles. The SMILES string of the molecule is CCn1cc(-c2cc(OC(F)(F)F)ccc2F)c(=O)c(C(=O)O)c1-c1ccc(Cl)c(Cl)c1. The Morgan fingerprint density at radius 1 is 1.09 bits per heavy atom. The Bertz CT molecular complexity index is 1270. The summed E-state index contributed by atoms with van der Waals surface area (Å²) in [6.07, 6.45) is -3.87. The fraction of sp³-hybridized carbons (Fsp3) is 0.143. The van der Waals surface area contributed by atoms with Gasteiger partial charge in [-0.3, -0.25) is 4.79 Å². The number of hydrogen-bond acceptors (Lipinski definition) is 3. The van der Waals surface area contributed by atoms with E-state index in [1.807, 2.05) is 0 Å². The number of hydrogen-bond donors (Lipinski definition) is 1. The van der Waals surface area contributed by atoms with E-state index in [0.29, 0.717) is 12.1 Å². The summed E-state index contributed by atoms with van der Waals surface area (Å²) in [5, 5.41) is 10.1. The number of halogens is 6. The molecule has 5 nitrogen and oxygen atoms in total. The van der Waals surface area contributed by atoms with E-state index in [-0.39, 0.29) is 27.8 Å². The number of rotatable bonds is 5. The van der Waals surface area contributed by atoms with E-state index in [4.69, 9.17) is 23.2 Å². The first-order chi connectivity index (χ1) is 14.9. The molecule has 11 heteroatoms. The number of nitrogens with zero attached hydrogens (tertiary/aromatic N) is 1. The molecule has 0 radical (unpaired) electrons. The Morgan fingerprint density at radius 2 is 1.78 bits per heavy atom. The highest BCUT2D eigenvalue weighted by Crippen LogP contribution is 2.33. The second kappa shape index (κ2) is 8.84. The number of pyridine rings is 1. The molecule has 0 unspecified atom stereocenters. The molecule has 0 aliphatic heterocycles. The highest BCUT2D eigenvalue weighted by Gasteiger charge is 2.32. The van der Waals surface area contributed by atoms with Gasteiger partial charge < -0.3 is 14.4 Å². The third-order valence-corrected chi connectivity index (χ3v) is 5.23. The molecule has 1 N–H and O–H groups in total. The maximum absolute atomic E-state index is 14.5. The summed E-state index contributed by atoms with van der Waals surface area (Å²) >= 11 is 11.9. The topological polar surface area (TPSA) is 68.5 Å². The van der Waals surface area contributed by atoms with Crippen molar-refractivity contribution in [1.29, 1.82) is 0 Å². The summed E-state index contributed by atoms with van der Waals surface area (Å²) < 4.78 is 57.3. The maximum atomic E-state index is 14.5. The number of ether oxygens (including phenoxy) is 1. The van der Waals surface area contributed by atoms with Crippen molar-refractivity contribution < 1.29 is 32.2 Å². The fourth-order valence-electron chi connectivity index (χ4n) is 3.17. The van der Waals surface area contributed by atoms with Gasteiger partial charge in [0.15, 0.2) is 0 Å². The molecule has 0 bridgehead atoms. The van der Waals surface area contributed by atoms with Crippen molar-refractivity contribution >= 4 is 29.2 Å². The Hall–Kier alpha value is -3.04. The number of aromatic carboxylic acids is 1. The van der Waals surface area contributed by atoms with Gasteiger partial charge in [-0.2, -0.15) is 0 Å². The molecule has 0 spiro atoms. The zero-order valence-electron chi connectivity index (χ0n) is 16.1. The van der Waals surface area contributed by atoms with Crippen LogP contribution in [0.3, 0.4) is 0 Å². The van der Waals surface area contributed by atoms with Crippen LogP contribution in [0.25, 0.3) is 22.4 Å². The van der Waals surface area contributed by atoms with Crippen molar-refractivity contribution in [3.05, 3.63) is 74.2 Å². The third-order valence-electron chi connectivity index (χ3n) is 4.49. The summed E-state index contributed by atoms with van der Waals surface area (Å²) in [6.45, 7) is 1.78. The quantitative estimate of drug-likeness (QED) is 0.430. The van der Waals surface area contributed by atoms with Gasteiger partial charge in [-0.15, -0.1) is 13.2 Å². The lowest BCUT2D eigenvalue weighted by Gasteiger charge is -2.18. The lowest BCUT2D eigenvalue weighted by atomic mass is 9.98. The predicted octanol–water partition coefficient (Wildman–Crippen LogP) is 6.24. The lowest BCUT2D eigenvalue weighted by molar-refractivity contribution is -0.274. The van der Waals surface area contributed by atoms with Crippen molar-refractivity contribution in [2.24, 2.45) is 0 Å². The van der Waals surface area contributed by atoms with Crippen molar-refractivity contribution in [2.45, 2.75) is 19.8 Å². The first-order valence-corrected chi connectivity index (χ1v) is 9.70. The first kappa shape index (κ1) is 23.6. The molecule has 1 heterocycles. The Morgan fingerprint density at radius 3 is 2.34 bits per heavy atom. The Kier molecular flexibility index (Phi) is 6.52. The molecular formula is C21H13Cl2F4NO4. The second-order valence-electron chi connectivity index (χ2n) is 6.51. The van der Waals surface area contributed by atoms with E-state index in [2.05, 4.69) is 4.74 Å². The number of carbonyl (C=O) groups is 1. The smallest absolute Gasteiger partial charge is 0.477 e. The third kappa shape index (κ3) is 4.73. The molecular weight excluding hydrogens is 477 g/mol. The molecule has 0 aliphatic carbocycles. The second-order valence-corrected chi connectivity index (χ2v) is 7.32. The van der Waals surface area contributed by atoms with Gasteiger partial charge in [0.1, 0.15) is 17.1 Å². The number of alkyl halides is 3. The minimum absolute atomic E-state index is 0.0181. The van der Waals surface area contributed by atoms with Crippen LogP contribution in [-0.4, -0.2) is 22.0 Å². The van der Waals surface area contributed by atoms with Crippen LogP contribution < -0.4 is 10.2 Å². The highest BCUT2D eigenvalue weighted by atomic mass is 35.5. The summed E-state index contributed by atoms with van der Waals surface area (Å²) in [7, 11) is 0. The number of aryl methyl sites for hydroxylation is 1. The summed E-state index contributed by atoms with van der Waals surface area (Å²) in [5.74, 6) is -3.40. The lowest BCUT2D eigenvalue weighted by Crippen LogP contribution is -2.23. The summed E-state index contributed by atoms with van der Waals surface area (Å²) in [6, 6.07) is 6.37. The largest absolute Gasteiger partial charge is 0.573 e. The van der Waals surface area contributed by atoms with Crippen molar-refractivity contribution in [2.75, 3.05) is 0 Å². The average molecular weight is 490 g/mol. The molecule has 32 heavy (non-hydrogen) atoms. The molecule has 3 aromatic rings. The number of carboxylic acid groups (broad SMARTS) is 1. The predicted molar refractivity (Wildman–Crippen MR) is 111 cm³/mol. The molecule has 3 rings (SSSR count). The summed E-state index contributed by atoms with van der Waals surface area (Å²) in [5.41, 5.74) is -2.54. The molecule has 0 atom stereocenters. The van der Waals surface area contributed by atoms with Gasteiger partial charge >= 0.3 is 12.3 Å². The molecule has 1 aromatic heterocycles. The molecule has 0 saturated heterocycles. The van der Waals surface area contributed by atoms with Crippen LogP contribution in [0.5, 0.6) is 5.75 Å². The van der Waals surface area contributed by atoms with Crippen LogP contribution in [0.1, 0.15) is 17.3 Å². The van der Waals surface area contributed by atoms with E-state index in [1.165, 1.54) is 29.0 Å². The molecule has 0 amide bonds. The van der Waals surface area contributed by atoms with E-state index >= 15 is 0 Å². The normalized spacial score (nSPS) is 11.5. The molecule has 0 fully saturated rings. The monoisotopic (exact) mass is 489 g/mol. The van der Waals surface area contributed by atoms with Gasteiger partial charge in [0.05, 0.1) is 15.7 Å². The first-order valence-electron chi connectivity index (χ1n) is 8.94. The number of benzene rings is 2. The zero-order valence-corrected chi connectivity index (χ0v) is 17.6. The van der Waals surface area contributed by atoms with E-state index < -0.39 is 46.0 Å². The standard InChI is InChI=1S/C21H13Cl2F4NO4/c1-2-28-9-13(12-8-11(4-6-16(12)24)32-21(25,26)27)19(29)17(20(30)31)18(28)10-3-5-14(22)15(23)7-10/h3-9H,2H2,1H3,(H,30,31). The van der Waals surface area contributed by atoms with Crippen LogP contribution in [0.4, 0.5) is 17.6 Å². The van der Waals surface area contributed by atoms with Gasteiger partial charge in [0, 0.05) is 29.4 Å². The van der Waals surface area contributed by atoms with Crippen molar-refractivity contribution in [1.82, 2.24) is 4.57 Å². The Balaban J connectivity index is 2.32. The van der Waals surface area contributed by atoms with Crippen LogP contribution in [-0.2, 0) is 6.54 Å². The van der Waals surface area contributed by atoms with Crippen molar-refractivity contribution in [3.63, 3.8) is 0 Å². The molecule has 0 aliphatic rings. The zero-order chi connectivity index (χ0) is 23.8. The van der Waals surface area contributed by atoms with Crippen LogP contribution >= 0.6 is 23.2 Å². The van der Waals surface area contributed by atoms with Gasteiger partial charge in [-0.25, -0.2) is 9.18 Å². The van der Waals surface area contributed by atoms with Crippen LogP contribution in [0, 0.1) is 5.82 Å². The fourth-order valence-corrected chi connectivity index (χ4v) is 3.46. The van der Waals surface area contributed by atoms with E-state index in [0.717, 1.165) is 6.07 Å². The number of carboxylic acids is 1. The van der Waals surface area contributed by atoms with E-state index in [9.17, 15) is 32.3 Å². The van der Waals surface area contributed by atoms with Crippen LogP contribution in [0.2, 0.25) is 10.0 Å². The van der Waals surface area contributed by atoms with Gasteiger partial charge in [0.2, 0.25) is 5.43 Å². The average Bonchev–Trinajstić information content (AvgIpc) is 2.70. The van der Waals surface area contributed by atoms with E-state index in [1.54, 1.807) is 6.92 Å². The van der Waals surface area contributed by atoms with Gasteiger partial charge in [0.25, 0.3) is 0 Å². The van der Waals surface area contributed by atoms with Gasteiger partial charge in [-0.05, 0) is 37.3 Å². The highest BCUT2D eigenvalue weighted by molar-refractivity contribution is 6.42. The van der Waals surface area contributed by atoms with Crippen molar-refractivity contribution in [3.8, 4) is 28.1 Å². The molecule has 0 saturated carbocycles. The maximum Gasteiger partial charge on any atom is 0.573 e. The minimum atomic E-state index is -5.04. The Labute approximate surface area is 188 Å². The van der Waals surface area contributed by atoms with Crippen LogP contribution in [0.15, 0.2) is 47.4 Å². The van der Waals surface area contributed by atoms with Gasteiger partial charge in [-0.1, -0.05) is 29.3 Å². The minimum Gasteiger partial charge on any atom is -0.477 e. The summed E-state index contributed by atoms with van der Waals surface area (Å²) in [4.78, 5) is 25.1. The number of aromatic nitrogens is 1. The molecule has 168 valence electrons.